The Kier molecular flexibility index (Phi) is 7.55. The van der Waals surface area contributed by atoms with E-state index in [9.17, 15) is 0 Å². The molecule has 0 saturated carbocycles. The molecule has 55 heavy (non-hydrogen) atoms. The van der Waals surface area contributed by atoms with Crippen LogP contribution in [0.4, 0.5) is 0 Å². The minimum absolute atomic E-state index is 0.0746. The highest BCUT2D eigenvalue weighted by molar-refractivity contribution is 6.18. The number of fused-ring (bicyclic) bond motifs is 6. The Balaban J connectivity index is 0.970. The summed E-state index contributed by atoms with van der Waals surface area (Å²) in [4.78, 5) is 0. The zero-order chi connectivity index (χ0) is 36.3. The van der Waals surface area contributed by atoms with E-state index in [4.69, 9.17) is 0 Å². The molecule has 11 rings (SSSR count). The van der Waals surface area contributed by atoms with Gasteiger partial charge in [-0.05, 0) is 58.7 Å². The summed E-state index contributed by atoms with van der Waals surface area (Å²) in [6.07, 6.45) is 1.59. The Labute approximate surface area is 318 Å². The van der Waals surface area contributed by atoms with E-state index >= 15 is 0 Å². The van der Waals surface area contributed by atoms with Crippen molar-refractivity contribution in [3.8, 4) is 16.8 Å². The fraction of sp³-hybridized carbons (Fsp3) is 0.0833. The van der Waals surface area contributed by atoms with Gasteiger partial charge in [0, 0.05) is 33.4 Å². The van der Waals surface area contributed by atoms with Crippen molar-refractivity contribution in [2.45, 2.75) is 24.8 Å². The van der Waals surface area contributed by atoms with Crippen LogP contribution in [0.1, 0.15) is 29.7 Å². The van der Waals surface area contributed by atoms with Crippen molar-refractivity contribution in [3.05, 3.63) is 199 Å². The molecule has 1 saturated heterocycles. The molecule has 2 aliphatic rings. The highest BCUT2D eigenvalue weighted by atomic mass is 15.4. The molecule has 266 valence electrons. The zero-order valence-electron chi connectivity index (χ0n) is 30.0. The summed E-state index contributed by atoms with van der Waals surface area (Å²) >= 11 is 0. The quantitative estimate of drug-likeness (QED) is 0.119. The van der Waals surface area contributed by atoms with Crippen LogP contribution in [0.5, 0.6) is 0 Å². The smallest absolute Gasteiger partial charge is 0.180 e. The van der Waals surface area contributed by atoms with Crippen molar-refractivity contribution in [1.82, 2.24) is 35.7 Å². The van der Waals surface area contributed by atoms with Crippen LogP contribution >= 0.6 is 0 Å². The highest BCUT2D eigenvalue weighted by Gasteiger charge is 2.34. The van der Waals surface area contributed by atoms with E-state index in [0.29, 0.717) is 0 Å². The lowest BCUT2D eigenvalue weighted by atomic mass is 10.0. The van der Waals surface area contributed by atoms with Gasteiger partial charge < -0.3 is 19.8 Å². The van der Waals surface area contributed by atoms with E-state index < -0.39 is 0 Å². The molecule has 2 aliphatic heterocycles. The summed E-state index contributed by atoms with van der Waals surface area (Å²) in [6, 6.07) is 62.9. The average molecular weight is 714 g/mol. The Bertz CT molecular complexity index is 2860. The molecule has 9 aromatic rings. The minimum atomic E-state index is -0.207. The molecule has 0 spiro atoms. The second-order valence-electron chi connectivity index (χ2n) is 14.5. The van der Waals surface area contributed by atoms with Gasteiger partial charge in [-0.25, -0.2) is 0 Å². The molecule has 0 radical (unpaired) electrons. The van der Waals surface area contributed by atoms with E-state index in [0.717, 1.165) is 16.9 Å². The molecule has 0 amide bonds. The number of para-hydroxylation sites is 3. The van der Waals surface area contributed by atoms with Crippen LogP contribution in [0.25, 0.3) is 60.4 Å². The van der Waals surface area contributed by atoms with Gasteiger partial charge in [0.05, 0.1) is 40.1 Å². The number of hydrogen-bond donors (Lipinski definition) is 5. The van der Waals surface area contributed by atoms with Gasteiger partial charge >= 0.3 is 0 Å². The predicted octanol–water partition coefficient (Wildman–Crippen LogP) is 9.55. The van der Waals surface area contributed by atoms with Crippen LogP contribution in [-0.2, 0) is 0 Å². The second kappa shape index (κ2) is 13.0. The summed E-state index contributed by atoms with van der Waals surface area (Å²) in [5, 5.41) is 24.1. The number of nitrogens with one attached hydrogen (secondary N) is 5. The third kappa shape index (κ3) is 5.40. The Hall–Kier alpha value is -6.64. The van der Waals surface area contributed by atoms with E-state index in [2.05, 4.69) is 218 Å². The molecule has 4 unspecified atom stereocenters. The number of hydrogen-bond acceptors (Lipinski definition) is 5. The van der Waals surface area contributed by atoms with Gasteiger partial charge in [0.15, 0.2) is 6.29 Å². The second-order valence-corrected chi connectivity index (χ2v) is 14.5. The lowest BCUT2D eigenvalue weighted by molar-refractivity contribution is 0.215. The maximum absolute atomic E-state index is 3.90. The maximum Gasteiger partial charge on any atom is 0.180 e. The van der Waals surface area contributed by atoms with E-state index in [1.54, 1.807) is 0 Å². The first-order valence-electron chi connectivity index (χ1n) is 19.0. The van der Waals surface area contributed by atoms with Crippen LogP contribution in [0.15, 0.2) is 188 Å². The first-order chi connectivity index (χ1) is 27.3. The Morgan fingerprint density at radius 2 is 0.945 bits per heavy atom. The molecule has 4 atom stereocenters. The van der Waals surface area contributed by atoms with E-state index in [1.807, 2.05) is 0 Å². The molecular formula is C48H39N7. The summed E-state index contributed by atoms with van der Waals surface area (Å²) in [6.45, 7) is 0. The first kappa shape index (κ1) is 31.8. The lowest BCUT2D eigenvalue weighted by Crippen LogP contribution is -2.60. The number of rotatable bonds is 6. The zero-order valence-corrected chi connectivity index (χ0v) is 30.0. The van der Waals surface area contributed by atoms with Crippen molar-refractivity contribution in [3.63, 3.8) is 0 Å². The van der Waals surface area contributed by atoms with Gasteiger partial charge in [-0.15, -0.1) is 0 Å². The SMILES string of the molecule is C1=C(C2NC(c3ccccc3)NC(c3ccc(-c4ccccc4)cc3)N2)NC(n2c3ccccc3c3cc4c5ccccc5n(-c5ccccc5)c4cc32)N1. The highest BCUT2D eigenvalue weighted by Crippen LogP contribution is 2.39. The molecule has 7 aromatic carbocycles. The molecular weight excluding hydrogens is 675 g/mol. The van der Waals surface area contributed by atoms with Crippen molar-refractivity contribution < 1.29 is 0 Å². The maximum atomic E-state index is 3.90. The van der Waals surface area contributed by atoms with Crippen LogP contribution < -0.4 is 26.6 Å². The first-order valence-corrected chi connectivity index (χ1v) is 19.0. The van der Waals surface area contributed by atoms with Gasteiger partial charge in [0.25, 0.3) is 0 Å². The van der Waals surface area contributed by atoms with Crippen molar-refractivity contribution in [1.29, 1.82) is 0 Å². The van der Waals surface area contributed by atoms with Crippen LogP contribution in [0.3, 0.4) is 0 Å². The molecule has 7 heteroatoms. The minimum Gasteiger partial charge on any atom is -0.353 e. The van der Waals surface area contributed by atoms with Gasteiger partial charge in [0.2, 0.25) is 0 Å². The monoisotopic (exact) mass is 713 g/mol. The topological polar surface area (TPSA) is 70.0 Å². The van der Waals surface area contributed by atoms with E-state index in [-0.39, 0.29) is 24.8 Å². The Morgan fingerprint density at radius 3 is 1.67 bits per heavy atom. The van der Waals surface area contributed by atoms with E-state index in [1.165, 1.54) is 60.3 Å². The molecule has 0 bridgehead atoms. The normalized spacial score (nSPS) is 19.8. The van der Waals surface area contributed by atoms with Crippen molar-refractivity contribution in [2.75, 3.05) is 0 Å². The lowest BCUT2D eigenvalue weighted by Gasteiger charge is -2.40. The molecule has 4 heterocycles. The van der Waals surface area contributed by atoms with Crippen molar-refractivity contribution in [2.24, 2.45) is 0 Å². The molecule has 5 N–H and O–H groups in total. The van der Waals surface area contributed by atoms with Crippen LogP contribution in [0, 0.1) is 0 Å². The average Bonchev–Trinajstić information content (AvgIpc) is 3.96. The third-order valence-electron chi connectivity index (χ3n) is 11.3. The fourth-order valence-electron chi connectivity index (χ4n) is 8.66. The Morgan fingerprint density at radius 1 is 0.400 bits per heavy atom. The van der Waals surface area contributed by atoms with Crippen LogP contribution in [-0.4, -0.2) is 15.3 Å². The van der Waals surface area contributed by atoms with Crippen LogP contribution in [0.2, 0.25) is 0 Å². The molecule has 0 aliphatic carbocycles. The molecule has 7 nitrogen and oxygen atoms in total. The molecule has 2 aromatic heterocycles. The van der Waals surface area contributed by atoms with Gasteiger partial charge in [0.1, 0.15) is 6.17 Å². The summed E-state index contributed by atoms with van der Waals surface area (Å²) in [5.41, 5.74) is 11.7. The summed E-state index contributed by atoms with van der Waals surface area (Å²) in [7, 11) is 0. The largest absolute Gasteiger partial charge is 0.353 e. The summed E-state index contributed by atoms with van der Waals surface area (Å²) < 4.78 is 4.81. The van der Waals surface area contributed by atoms with Gasteiger partial charge in [-0.3, -0.25) is 16.0 Å². The summed E-state index contributed by atoms with van der Waals surface area (Å²) in [5.74, 6) is 0. The number of nitrogens with zero attached hydrogens (tertiary/aromatic N) is 2. The standard InChI is InChI=1S/C48H39N7/c1-4-14-31(15-5-1)32-24-26-34(27-25-32)46-51-45(33-16-6-2-7-17-33)52-47(53-46)40-30-49-48(50-40)55-42-23-13-11-21-37(42)39-28-38-36-20-10-12-22-41(36)54(43(38)29-44(39)55)35-18-8-3-9-19-35/h1-30,45-53H. The number of aromatic nitrogens is 2. The van der Waals surface area contributed by atoms with Gasteiger partial charge in [-0.2, -0.15) is 0 Å². The fourth-order valence-corrected chi connectivity index (χ4v) is 8.66. The third-order valence-corrected chi connectivity index (χ3v) is 11.3. The number of benzene rings is 7. The molecule has 1 fully saturated rings. The van der Waals surface area contributed by atoms with Gasteiger partial charge in [-0.1, -0.05) is 140 Å². The van der Waals surface area contributed by atoms with Crippen molar-refractivity contribution >= 4 is 43.6 Å². The predicted molar refractivity (Wildman–Crippen MR) is 224 cm³/mol.